The maximum atomic E-state index is 14.7. The zero-order valence-corrected chi connectivity index (χ0v) is 19.0. The summed E-state index contributed by atoms with van der Waals surface area (Å²) in [5, 5.41) is 0. The molecule has 3 aliphatic rings. The van der Waals surface area contributed by atoms with E-state index < -0.39 is 15.8 Å². The van der Waals surface area contributed by atoms with Crippen LogP contribution < -0.4 is 0 Å². The highest BCUT2D eigenvalue weighted by molar-refractivity contribution is 7.89. The third kappa shape index (κ3) is 3.97. The lowest BCUT2D eigenvalue weighted by molar-refractivity contribution is 0.0637. The van der Waals surface area contributed by atoms with Crippen molar-refractivity contribution in [3.8, 4) is 0 Å². The molecule has 1 amide bonds. The molecular weight excluding hydrogens is 427 g/mol. The van der Waals surface area contributed by atoms with Crippen molar-refractivity contribution in [3.63, 3.8) is 0 Å². The van der Waals surface area contributed by atoms with Gasteiger partial charge in [0.05, 0.1) is 6.04 Å². The van der Waals surface area contributed by atoms with Gasteiger partial charge in [0.25, 0.3) is 5.91 Å². The number of halogens is 1. The van der Waals surface area contributed by atoms with E-state index in [0.717, 1.165) is 57.4 Å². The fraction of sp³-hybridized carbons (Fsp3) is 0.480. The number of hydrogen-bond acceptors (Lipinski definition) is 3. The summed E-state index contributed by atoms with van der Waals surface area (Å²) in [6.07, 6.45) is 7.33. The van der Waals surface area contributed by atoms with E-state index in [9.17, 15) is 17.6 Å². The number of piperidine rings is 1. The normalized spacial score (nSPS) is 21.7. The summed E-state index contributed by atoms with van der Waals surface area (Å²) in [7, 11) is -3.96. The van der Waals surface area contributed by atoms with E-state index in [4.69, 9.17) is 0 Å². The van der Waals surface area contributed by atoms with Crippen LogP contribution >= 0.6 is 0 Å². The molecule has 2 aliphatic carbocycles. The minimum Gasteiger partial charge on any atom is -0.329 e. The molecule has 170 valence electrons. The molecule has 1 heterocycles. The minimum absolute atomic E-state index is 0.0212. The van der Waals surface area contributed by atoms with Gasteiger partial charge in [-0.25, -0.2) is 12.8 Å². The molecule has 1 unspecified atom stereocenters. The van der Waals surface area contributed by atoms with E-state index in [-0.39, 0.29) is 28.4 Å². The van der Waals surface area contributed by atoms with E-state index >= 15 is 0 Å². The molecule has 1 aliphatic heterocycles. The van der Waals surface area contributed by atoms with Gasteiger partial charge in [-0.05, 0) is 74.3 Å². The van der Waals surface area contributed by atoms with Gasteiger partial charge in [-0.1, -0.05) is 30.7 Å². The lowest BCUT2D eigenvalue weighted by atomic mass is 9.86. The molecule has 1 saturated carbocycles. The van der Waals surface area contributed by atoms with Gasteiger partial charge in [-0.15, -0.1) is 0 Å². The molecule has 1 atom stereocenters. The van der Waals surface area contributed by atoms with Gasteiger partial charge in [-0.3, -0.25) is 4.79 Å². The zero-order chi connectivity index (χ0) is 22.3. The number of sulfonamides is 1. The number of amides is 1. The Morgan fingerprint density at radius 2 is 1.72 bits per heavy atom. The minimum atomic E-state index is -3.96. The number of carbonyl (C=O) groups excluding carboxylic acids is 1. The molecule has 0 radical (unpaired) electrons. The van der Waals surface area contributed by atoms with Crippen molar-refractivity contribution in [2.45, 2.75) is 68.3 Å². The summed E-state index contributed by atoms with van der Waals surface area (Å²) in [4.78, 5) is 15.2. The first-order chi connectivity index (χ1) is 15.5. The quantitative estimate of drug-likeness (QED) is 0.656. The second kappa shape index (κ2) is 8.60. The molecule has 0 spiro atoms. The molecule has 0 aromatic heterocycles. The Balaban J connectivity index is 1.49. The summed E-state index contributed by atoms with van der Waals surface area (Å²) < 4.78 is 42.3. The third-order valence-electron chi connectivity index (χ3n) is 6.96. The Bertz CT molecular complexity index is 1120. The van der Waals surface area contributed by atoms with Crippen molar-refractivity contribution in [1.29, 1.82) is 0 Å². The van der Waals surface area contributed by atoms with Crippen LogP contribution in [0.5, 0.6) is 0 Å². The third-order valence-corrected chi connectivity index (χ3v) is 8.87. The number of nitrogens with zero attached hydrogens (tertiary/aromatic N) is 2. The number of hydrogen-bond donors (Lipinski definition) is 0. The van der Waals surface area contributed by atoms with Crippen molar-refractivity contribution in [1.82, 2.24) is 9.21 Å². The summed E-state index contributed by atoms with van der Waals surface area (Å²) in [5.41, 5.74) is 2.70. The zero-order valence-electron chi connectivity index (χ0n) is 18.2. The molecule has 5 rings (SSSR count). The van der Waals surface area contributed by atoms with Crippen LogP contribution in [0.3, 0.4) is 0 Å². The van der Waals surface area contributed by atoms with Crippen molar-refractivity contribution in [2.75, 3.05) is 13.1 Å². The van der Waals surface area contributed by atoms with Gasteiger partial charge in [0.15, 0.2) is 0 Å². The first kappa shape index (κ1) is 21.6. The topological polar surface area (TPSA) is 57.7 Å². The highest BCUT2D eigenvalue weighted by Gasteiger charge is 2.40. The molecule has 2 fully saturated rings. The Hall–Kier alpha value is -2.25. The molecule has 2 aromatic rings. The summed E-state index contributed by atoms with van der Waals surface area (Å²) >= 11 is 0. The van der Waals surface area contributed by atoms with Crippen molar-refractivity contribution < 1.29 is 17.6 Å². The van der Waals surface area contributed by atoms with Crippen LogP contribution in [-0.2, 0) is 16.4 Å². The van der Waals surface area contributed by atoms with Crippen LogP contribution in [0.15, 0.2) is 47.4 Å². The Morgan fingerprint density at radius 1 is 0.969 bits per heavy atom. The Labute approximate surface area is 189 Å². The molecular formula is C25H29FN2O3S. The molecule has 32 heavy (non-hydrogen) atoms. The first-order valence-electron chi connectivity index (χ1n) is 11.7. The van der Waals surface area contributed by atoms with Crippen LogP contribution in [-0.4, -0.2) is 42.7 Å². The van der Waals surface area contributed by atoms with Crippen molar-refractivity contribution >= 4 is 15.9 Å². The second-order valence-electron chi connectivity index (χ2n) is 9.16. The number of rotatable bonds is 5. The summed E-state index contributed by atoms with van der Waals surface area (Å²) in [6, 6.07) is 12.2. The fourth-order valence-electron chi connectivity index (χ4n) is 5.16. The Kier molecular flexibility index (Phi) is 5.80. The lowest BCUT2D eigenvalue weighted by Crippen LogP contribution is -2.39. The van der Waals surface area contributed by atoms with E-state index in [1.807, 2.05) is 17.0 Å². The fourth-order valence-corrected chi connectivity index (χ4v) is 6.77. The monoisotopic (exact) mass is 456 g/mol. The molecule has 7 heteroatoms. The van der Waals surface area contributed by atoms with Crippen LogP contribution in [0.1, 0.15) is 72.5 Å². The number of aryl methyl sites for hydroxylation is 1. The SMILES string of the molecule is O=C(c1ccc(F)c(S(=O)(=O)N2CCCCC2)c1)N(C1CC1)C1CCCc2ccccc21. The summed E-state index contributed by atoms with van der Waals surface area (Å²) in [6.45, 7) is 0.792. The predicted octanol–water partition coefficient (Wildman–Crippen LogP) is 4.68. The van der Waals surface area contributed by atoms with E-state index in [1.165, 1.54) is 27.6 Å². The molecule has 0 bridgehead atoms. The second-order valence-corrected chi connectivity index (χ2v) is 11.1. The predicted molar refractivity (Wildman–Crippen MR) is 120 cm³/mol. The van der Waals surface area contributed by atoms with E-state index in [0.29, 0.717) is 13.1 Å². The van der Waals surface area contributed by atoms with Crippen molar-refractivity contribution in [3.05, 3.63) is 65.0 Å². The van der Waals surface area contributed by atoms with Crippen LogP contribution in [0, 0.1) is 5.82 Å². The number of fused-ring (bicyclic) bond motifs is 1. The van der Waals surface area contributed by atoms with E-state index in [1.54, 1.807) is 0 Å². The molecule has 0 N–H and O–H groups in total. The summed E-state index contributed by atoms with van der Waals surface area (Å²) in [5.74, 6) is -1.00. The van der Waals surface area contributed by atoms with Crippen molar-refractivity contribution in [2.24, 2.45) is 0 Å². The maximum absolute atomic E-state index is 14.7. The maximum Gasteiger partial charge on any atom is 0.254 e. The van der Waals surface area contributed by atoms with E-state index in [2.05, 4.69) is 12.1 Å². The lowest BCUT2D eigenvalue weighted by Gasteiger charge is -2.36. The van der Waals surface area contributed by atoms with Crippen LogP contribution in [0.2, 0.25) is 0 Å². The van der Waals surface area contributed by atoms with Gasteiger partial charge in [0.1, 0.15) is 10.7 Å². The van der Waals surface area contributed by atoms with Crippen LogP contribution in [0.25, 0.3) is 0 Å². The average molecular weight is 457 g/mol. The van der Waals surface area contributed by atoms with Gasteiger partial charge >= 0.3 is 0 Å². The molecule has 2 aromatic carbocycles. The van der Waals surface area contributed by atoms with Crippen LogP contribution in [0.4, 0.5) is 4.39 Å². The highest BCUT2D eigenvalue weighted by Crippen LogP contribution is 2.41. The molecule has 1 saturated heterocycles. The smallest absolute Gasteiger partial charge is 0.254 e. The average Bonchev–Trinajstić information content (AvgIpc) is 3.65. The highest BCUT2D eigenvalue weighted by atomic mass is 32.2. The number of carbonyl (C=O) groups is 1. The first-order valence-corrected chi connectivity index (χ1v) is 13.1. The standard InChI is InChI=1S/C25H29FN2O3S/c26-22-14-11-19(17-24(22)32(30,31)27-15-4-1-5-16-27)25(29)28(20-12-13-20)23-10-6-8-18-7-2-3-9-21(18)23/h2-3,7,9,11,14,17,20,23H,1,4-6,8,10,12-13,15-16H2. The largest absolute Gasteiger partial charge is 0.329 e. The Morgan fingerprint density at radius 3 is 2.47 bits per heavy atom. The number of benzene rings is 2. The molecule has 5 nitrogen and oxygen atoms in total. The van der Waals surface area contributed by atoms with Gasteiger partial charge in [0.2, 0.25) is 10.0 Å². The van der Waals surface area contributed by atoms with Gasteiger partial charge in [0, 0.05) is 24.7 Å². The van der Waals surface area contributed by atoms with Gasteiger partial charge in [-0.2, -0.15) is 4.31 Å². The van der Waals surface area contributed by atoms with Gasteiger partial charge < -0.3 is 4.90 Å².